The lowest BCUT2D eigenvalue weighted by Crippen LogP contribution is -2.57. The van der Waals surface area contributed by atoms with Gasteiger partial charge in [0.15, 0.2) is 5.54 Å². The van der Waals surface area contributed by atoms with Crippen molar-refractivity contribution in [3.05, 3.63) is 0 Å². The van der Waals surface area contributed by atoms with Gasteiger partial charge in [0.2, 0.25) is 0 Å². The summed E-state index contributed by atoms with van der Waals surface area (Å²) in [6, 6.07) is 2.17. The molecule has 4 nitrogen and oxygen atoms in total. The molecule has 4 heteroatoms. The number of carbonyl (C=O) groups is 1. The fraction of sp³-hybridized carbons (Fsp3) is 0.833. The third-order valence-electron chi connectivity index (χ3n) is 2.68. The van der Waals surface area contributed by atoms with Crippen molar-refractivity contribution in [1.82, 2.24) is 10.2 Å². The van der Waals surface area contributed by atoms with Crippen LogP contribution >= 0.6 is 0 Å². The first-order valence-corrected chi connectivity index (χ1v) is 5.84. The van der Waals surface area contributed by atoms with Crippen LogP contribution in [0.4, 0.5) is 0 Å². The molecular formula is C12H21N3O. The van der Waals surface area contributed by atoms with Crippen LogP contribution in [-0.4, -0.2) is 35.0 Å². The quantitative estimate of drug-likeness (QED) is 0.784. The van der Waals surface area contributed by atoms with Gasteiger partial charge in [-0.15, -0.1) is 0 Å². The van der Waals surface area contributed by atoms with E-state index in [4.69, 9.17) is 0 Å². The third kappa shape index (κ3) is 2.53. The molecule has 0 aliphatic carbocycles. The number of nitriles is 1. The Balaban J connectivity index is 2.84. The lowest BCUT2D eigenvalue weighted by Gasteiger charge is -2.30. The van der Waals surface area contributed by atoms with Crippen molar-refractivity contribution in [3.63, 3.8) is 0 Å². The van der Waals surface area contributed by atoms with Crippen LogP contribution < -0.4 is 5.32 Å². The van der Waals surface area contributed by atoms with Crippen molar-refractivity contribution in [2.45, 2.75) is 51.6 Å². The molecule has 1 aliphatic rings. The summed E-state index contributed by atoms with van der Waals surface area (Å²) in [5.41, 5.74) is -1.24. The van der Waals surface area contributed by atoms with Gasteiger partial charge in [0.05, 0.1) is 6.07 Å². The molecule has 1 heterocycles. The van der Waals surface area contributed by atoms with Crippen molar-refractivity contribution < 1.29 is 4.79 Å². The highest BCUT2D eigenvalue weighted by Crippen LogP contribution is 2.25. The van der Waals surface area contributed by atoms with E-state index in [1.54, 1.807) is 4.90 Å². The SMILES string of the molecule is CCCN1CCC(C#N)(NC(C)(C)C)C1=O. The number of rotatable bonds is 3. The second-order valence-electron chi connectivity index (χ2n) is 5.43. The summed E-state index contributed by atoms with van der Waals surface area (Å²) in [6.07, 6.45) is 1.52. The summed E-state index contributed by atoms with van der Waals surface area (Å²) in [5.74, 6) is -0.0632. The molecule has 0 bridgehead atoms. The third-order valence-corrected chi connectivity index (χ3v) is 2.68. The van der Waals surface area contributed by atoms with E-state index in [0.717, 1.165) is 13.0 Å². The van der Waals surface area contributed by atoms with Gasteiger partial charge in [-0.3, -0.25) is 10.1 Å². The number of nitrogens with zero attached hydrogens (tertiary/aromatic N) is 2. The topological polar surface area (TPSA) is 56.1 Å². The van der Waals surface area contributed by atoms with Gasteiger partial charge in [0, 0.05) is 25.0 Å². The number of amides is 1. The van der Waals surface area contributed by atoms with Crippen LogP contribution in [0, 0.1) is 11.3 Å². The van der Waals surface area contributed by atoms with Crippen molar-refractivity contribution in [2.75, 3.05) is 13.1 Å². The second kappa shape index (κ2) is 4.42. The first kappa shape index (κ1) is 13.0. The zero-order chi connectivity index (χ0) is 12.4. The van der Waals surface area contributed by atoms with Gasteiger partial charge >= 0.3 is 0 Å². The van der Waals surface area contributed by atoms with Gasteiger partial charge in [-0.2, -0.15) is 5.26 Å². The van der Waals surface area contributed by atoms with Crippen LogP contribution in [0.5, 0.6) is 0 Å². The van der Waals surface area contributed by atoms with Crippen LogP contribution in [0.25, 0.3) is 0 Å². The highest BCUT2D eigenvalue weighted by Gasteiger charge is 2.48. The lowest BCUT2D eigenvalue weighted by atomic mass is 9.95. The van der Waals surface area contributed by atoms with Crippen LogP contribution in [0.15, 0.2) is 0 Å². The van der Waals surface area contributed by atoms with E-state index in [0.29, 0.717) is 13.0 Å². The van der Waals surface area contributed by atoms with Crippen LogP contribution in [0.1, 0.15) is 40.5 Å². The minimum atomic E-state index is -1.01. The van der Waals surface area contributed by atoms with Crippen molar-refractivity contribution in [1.29, 1.82) is 5.26 Å². The van der Waals surface area contributed by atoms with Crippen molar-refractivity contribution in [3.8, 4) is 6.07 Å². The summed E-state index contributed by atoms with van der Waals surface area (Å²) in [5, 5.41) is 12.4. The zero-order valence-corrected chi connectivity index (χ0v) is 10.6. The van der Waals surface area contributed by atoms with Gasteiger partial charge in [0.1, 0.15) is 0 Å². The smallest absolute Gasteiger partial charge is 0.257 e. The fourth-order valence-corrected chi connectivity index (χ4v) is 2.15. The molecule has 0 aromatic rings. The number of nitrogens with one attached hydrogen (secondary N) is 1. The molecule has 0 radical (unpaired) electrons. The van der Waals surface area contributed by atoms with Crippen LogP contribution in [0.2, 0.25) is 0 Å². The summed E-state index contributed by atoms with van der Waals surface area (Å²) >= 11 is 0. The number of hydrogen-bond donors (Lipinski definition) is 1. The lowest BCUT2D eigenvalue weighted by molar-refractivity contribution is -0.132. The van der Waals surface area contributed by atoms with E-state index < -0.39 is 5.54 Å². The predicted molar refractivity (Wildman–Crippen MR) is 62.7 cm³/mol. The van der Waals surface area contributed by atoms with Crippen molar-refractivity contribution in [2.24, 2.45) is 0 Å². The van der Waals surface area contributed by atoms with Crippen molar-refractivity contribution >= 4 is 5.91 Å². The number of likely N-dealkylation sites (tertiary alicyclic amines) is 1. The molecule has 1 saturated heterocycles. The summed E-state index contributed by atoms with van der Waals surface area (Å²) < 4.78 is 0. The van der Waals surface area contributed by atoms with E-state index in [9.17, 15) is 10.1 Å². The molecule has 1 rings (SSSR count). The molecular weight excluding hydrogens is 202 g/mol. The van der Waals surface area contributed by atoms with Gasteiger partial charge < -0.3 is 4.90 Å². The van der Waals surface area contributed by atoms with Crippen LogP contribution in [0.3, 0.4) is 0 Å². The molecule has 16 heavy (non-hydrogen) atoms. The summed E-state index contributed by atoms with van der Waals surface area (Å²) in [4.78, 5) is 13.9. The molecule has 0 spiro atoms. The van der Waals surface area contributed by atoms with Gasteiger partial charge in [0.25, 0.3) is 5.91 Å². The molecule has 1 N–H and O–H groups in total. The summed E-state index contributed by atoms with van der Waals surface area (Å²) in [6.45, 7) is 9.39. The fourth-order valence-electron chi connectivity index (χ4n) is 2.15. The molecule has 1 unspecified atom stereocenters. The molecule has 0 aromatic carbocycles. The highest BCUT2D eigenvalue weighted by molar-refractivity contribution is 5.91. The maximum Gasteiger partial charge on any atom is 0.257 e. The van der Waals surface area contributed by atoms with E-state index in [1.165, 1.54) is 0 Å². The number of carbonyl (C=O) groups excluding carboxylic acids is 1. The van der Waals surface area contributed by atoms with Gasteiger partial charge in [-0.1, -0.05) is 6.92 Å². The maximum atomic E-state index is 12.2. The molecule has 0 saturated carbocycles. The Morgan fingerprint density at radius 1 is 1.56 bits per heavy atom. The first-order chi connectivity index (χ1) is 7.34. The zero-order valence-electron chi connectivity index (χ0n) is 10.6. The Bertz CT molecular complexity index is 313. The second-order valence-corrected chi connectivity index (χ2v) is 5.43. The number of hydrogen-bond acceptors (Lipinski definition) is 3. The first-order valence-electron chi connectivity index (χ1n) is 5.84. The summed E-state index contributed by atoms with van der Waals surface area (Å²) in [7, 11) is 0. The van der Waals surface area contributed by atoms with E-state index in [-0.39, 0.29) is 11.4 Å². The standard InChI is InChI=1S/C12H21N3O/c1-5-7-15-8-6-12(9-13,10(15)16)14-11(2,3)4/h14H,5-8H2,1-4H3. The molecule has 0 aromatic heterocycles. The Labute approximate surface area is 97.6 Å². The predicted octanol–water partition coefficient (Wildman–Crippen LogP) is 1.28. The minimum Gasteiger partial charge on any atom is -0.340 e. The van der Waals surface area contributed by atoms with Gasteiger partial charge in [-0.05, 0) is 27.2 Å². The Kier molecular flexibility index (Phi) is 3.59. The minimum absolute atomic E-state index is 0.0632. The molecule has 1 atom stereocenters. The molecule has 90 valence electrons. The molecule has 1 aliphatic heterocycles. The highest BCUT2D eigenvalue weighted by atomic mass is 16.2. The monoisotopic (exact) mass is 223 g/mol. The average molecular weight is 223 g/mol. The maximum absolute atomic E-state index is 12.2. The van der Waals surface area contributed by atoms with Gasteiger partial charge in [-0.25, -0.2) is 0 Å². The molecule has 1 fully saturated rings. The largest absolute Gasteiger partial charge is 0.340 e. The Morgan fingerprint density at radius 2 is 2.19 bits per heavy atom. The molecule has 1 amide bonds. The Hall–Kier alpha value is -1.08. The average Bonchev–Trinajstić information content (AvgIpc) is 2.45. The Morgan fingerprint density at radius 3 is 2.62 bits per heavy atom. The van der Waals surface area contributed by atoms with E-state index in [2.05, 4.69) is 11.4 Å². The van der Waals surface area contributed by atoms with E-state index in [1.807, 2.05) is 27.7 Å². The normalized spacial score (nSPS) is 25.9. The van der Waals surface area contributed by atoms with E-state index >= 15 is 0 Å². The van der Waals surface area contributed by atoms with Crippen LogP contribution in [-0.2, 0) is 4.79 Å².